The normalized spacial score (nSPS) is 14.1. The third-order valence-electron chi connectivity index (χ3n) is 6.77. The Morgan fingerprint density at radius 3 is 2.73 bits per heavy atom. The first kappa shape index (κ1) is 22.9. The minimum absolute atomic E-state index is 0.153. The molecule has 1 aliphatic heterocycles. The van der Waals surface area contributed by atoms with Crippen LogP contribution in [0.4, 0.5) is 0 Å². The molecule has 37 heavy (non-hydrogen) atoms. The average molecular weight is 492 g/mol. The average Bonchev–Trinajstić information content (AvgIpc) is 3.32. The van der Waals surface area contributed by atoms with Crippen molar-refractivity contribution in [1.29, 1.82) is 5.26 Å². The van der Waals surface area contributed by atoms with E-state index in [4.69, 9.17) is 4.74 Å². The van der Waals surface area contributed by atoms with E-state index in [1.54, 1.807) is 35.3 Å². The summed E-state index contributed by atoms with van der Waals surface area (Å²) in [7, 11) is 0. The first-order valence-electron chi connectivity index (χ1n) is 12.3. The highest BCUT2D eigenvalue weighted by atomic mass is 16.5. The summed E-state index contributed by atoms with van der Waals surface area (Å²) in [5.41, 5.74) is 3.66. The van der Waals surface area contributed by atoms with E-state index >= 15 is 0 Å². The third-order valence-corrected chi connectivity index (χ3v) is 6.77. The Hall–Kier alpha value is -4.55. The maximum atomic E-state index is 12.8. The van der Waals surface area contributed by atoms with Gasteiger partial charge in [0.05, 0.1) is 48.2 Å². The first-order valence-corrected chi connectivity index (χ1v) is 12.3. The Labute approximate surface area is 213 Å². The number of hydrogen-bond donors (Lipinski definition) is 1. The maximum absolute atomic E-state index is 12.8. The van der Waals surface area contributed by atoms with Gasteiger partial charge < -0.3 is 10.1 Å². The van der Waals surface area contributed by atoms with E-state index in [9.17, 15) is 10.1 Å². The van der Waals surface area contributed by atoms with Gasteiger partial charge in [0, 0.05) is 17.8 Å². The van der Waals surface area contributed by atoms with Gasteiger partial charge in [-0.1, -0.05) is 18.2 Å². The molecule has 0 bridgehead atoms. The molecule has 4 heterocycles. The lowest BCUT2D eigenvalue weighted by Crippen LogP contribution is -2.30. The minimum atomic E-state index is -0.153. The molecule has 5 aromatic rings. The molecule has 0 radical (unpaired) electrons. The van der Waals surface area contributed by atoms with Crippen molar-refractivity contribution in [3.8, 4) is 23.2 Å². The lowest BCUT2D eigenvalue weighted by molar-refractivity contribution is 0.214. The highest BCUT2D eigenvalue weighted by molar-refractivity contribution is 5.81. The standard InChI is InChI=1S/C28H25N7O2/c29-14-20-4-5-25-24(13-20)33-28-34(25)11-8-26(36)35(28)17-21-2-1-3-22(12-21)27-31-15-23(16-32-27)37-18-19-6-9-30-10-7-19/h1-5,8,11-13,15-16,19,30H,6-7,9-10,17-18H2. The number of nitrogens with one attached hydrogen (secondary N) is 1. The zero-order chi connectivity index (χ0) is 25.2. The van der Waals surface area contributed by atoms with Gasteiger partial charge in [-0.2, -0.15) is 5.26 Å². The second-order valence-corrected chi connectivity index (χ2v) is 9.28. The summed E-state index contributed by atoms with van der Waals surface area (Å²) >= 11 is 0. The SMILES string of the molecule is N#Cc1ccc2c(c1)nc1n(Cc3cccc(-c4ncc(OCC5CCNCC5)cn4)c3)c(=O)ccn21. The molecule has 9 heteroatoms. The van der Waals surface area contributed by atoms with Crippen molar-refractivity contribution in [3.63, 3.8) is 0 Å². The van der Waals surface area contributed by atoms with Crippen molar-refractivity contribution in [1.82, 2.24) is 29.2 Å². The fraction of sp³-hybridized carbons (Fsp3) is 0.250. The van der Waals surface area contributed by atoms with Gasteiger partial charge in [-0.05, 0) is 61.7 Å². The quantitative estimate of drug-likeness (QED) is 0.388. The van der Waals surface area contributed by atoms with Crippen LogP contribution in [0.25, 0.3) is 28.2 Å². The van der Waals surface area contributed by atoms with Gasteiger partial charge in [0.25, 0.3) is 5.56 Å². The first-order chi connectivity index (χ1) is 18.2. The number of imidazole rings is 1. The van der Waals surface area contributed by atoms with E-state index in [-0.39, 0.29) is 5.56 Å². The summed E-state index contributed by atoms with van der Waals surface area (Å²) in [4.78, 5) is 26.5. The molecule has 0 unspecified atom stereocenters. The van der Waals surface area contributed by atoms with Crippen molar-refractivity contribution in [2.45, 2.75) is 19.4 Å². The van der Waals surface area contributed by atoms with E-state index in [0.29, 0.717) is 47.5 Å². The minimum Gasteiger partial charge on any atom is -0.490 e. The second kappa shape index (κ2) is 9.84. The van der Waals surface area contributed by atoms with Gasteiger partial charge in [-0.3, -0.25) is 13.8 Å². The van der Waals surface area contributed by atoms with Crippen LogP contribution in [0.1, 0.15) is 24.0 Å². The topological polar surface area (TPSA) is 110 Å². The number of nitrogens with zero attached hydrogens (tertiary/aromatic N) is 6. The molecule has 2 aromatic carbocycles. The van der Waals surface area contributed by atoms with Crippen molar-refractivity contribution >= 4 is 16.8 Å². The van der Waals surface area contributed by atoms with Crippen LogP contribution in [0.2, 0.25) is 0 Å². The molecule has 0 spiro atoms. The van der Waals surface area contributed by atoms with Crippen LogP contribution in [0.3, 0.4) is 0 Å². The van der Waals surface area contributed by atoms with E-state index in [1.807, 2.05) is 34.7 Å². The molecular weight excluding hydrogens is 466 g/mol. The second-order valence-electron chi connectivity index (χ2n) is 9.28. The number of nitriles is 1. The van der Waals surface area contributed by atoms with Crippen LogP contribution in [0.15, 0.2) is 71.9 Å². The smallest absolute Gasteiger partial charge is 0.255 e. The largest absolute Gasteiger partial charge is 0.490 e. The summed E-state index contributed by atoms with van der Waals surface area (Å²) < 4.78 is 9.41. The monoisotopic (exact) mass is 491 g/mol. The Bertz CT molecular complexity index is 1680. The Morgan fingerprint density at radius 1 is 1.08 bits per heavy atom. The van der Waals surface area contributed by atoms with Gasteiger partial charge >= 0.3 is 0 Å². The van der Waals surface area contributed by atoms with Gasteiger partial charge in [0.2, 0.25) is 5.78 Å². The summed E-state index contributed by atoms with van der Waals surface area (Å²) in [6, 6.07) is 16.8. The Kier molecular flexibility index (Phi) is 6.08. The zero-order valence-electron chi connectivity index (χ0n) is 20.2. The lowest BCUT2D eigenvalue weighted by Gasteiger charge is -2.22. The number of ether oxygens (including phenoxy) is 1. The van der Waals surface area contributed by atoms with Crippen molar-refractivity contribution in [2.75, 3.05) is 19.7 Å². The lowest BCUT2D eigenvalue weighted by atomic mass is 9.99. The van der Waals surface area contributed by atoms with E-state index in [2.05, 4.69) is 26.3 Å². The van der Waals surface area contributed by atoms with Crippen LogP contribution >= 0.6 is 0 Å². The van der Waals surface area contributed by atoms with Crippen LogP contribution in [0.5, 0.6) is 5.75 Å². The number of benzene rings is 2. The van der Waals surface area contributed by atoms with Crippen LogP contribution in [-0.4, -0.2) is 43.6 Å². The van der Waals surface area contributed by atoms with Gasteiger partial charge in [-0.15, -0.1) is 0 Å². The Morgan fingerprint density at radius 2 is 1.92 bits per heavy atom. The number of rotatable bonds is 6. The predicted octanol–water partition coefficient (Wildman–Crippen LogP) is 3.40. The van der Waals surface area contributed by atoms with Crippen LogP contribution < -0.4 is 15.6 Å². The van der Waals surface area contributed by atoms with Crippen molar-refractivity contribution in [2.24, 2.45) is 5.92 Å². The fourth-order valence-corrected chi connectivity index (χ4v) is 4.76. The molecule has 0 atom stereocenters. The molecule has 1 saturated heterocycles. The van der Waals surface area contributed by atoms with Crippen molar-refractivity contribution in [3.05, 3.63) is 88.6 Å². The maximum Gasteiger partial charge on any atom is 0.255 e. The highest BCUT2D eigenvalue weighted by Crippen LogP contribution is 2.21. The fourth-order valence-electron chi connectivity index (χ4n) is 4.76. The summed E-state index contributed by atoms with van der Waals surface area (Å²) in [5.74, 6) is 2.35. The number of fused-ring (bicyclic) bond motifs is 3. The molecule has 3 aromatic heterocycles. The molecule has 0 saturated carbocycles. The van der Waals surface area contributed by atoms with Crippen molar-refractivity contribution < 1.29 is 4.74 Å². The summed E-state index contributed by atoms with van der Waals surface area (Å²) in [6.07, 6.45) is 7.39. The van der Waals surface area contributed by atoms with Gasteiger partial charge in [-0.25, -0.2) is 15.0 Å². The predicted molar refractivity (Wildman–Crippen MR) is 139 cm³/mol. The molecular formula is C28H25N7O2. The molecule has 0 amide bonds. The molecule has 1 fully saturated rings. The van der Waals surface area contributed by atoms with E-state index in [0.717, 1.165) is 42.6 Å². The van der Waals surface area contributed by atoms with E-state index < -0.39 is 0 Å². The van der Waals surface area contributed by atoms with Gasteiger partial charge in [0.1, 0.15) is 0 Å². The molecule has 6 rings (SSSR count). The van der Waals surface area contributed by atoms with E-state index in [1.165, 1.54) is 6.07 Å². The molecule has 184 valence electrons. The third kappa shape index (κ3) is 4.67. The number of hydrogen-bond acceptors (Lipinski definition) is 7. The molecule has 0 aliphatic carbocycles. The van der Waals surface area contributed by atoms with Crippen LogP contribution in [-0.2, 0) is 6.54 Å². The summed E-state index contributed by atoms with van der Waals surface area (Å²) in [5, 5.41) is 12.6. The zero-order valence-corrected chi connectivity index (χ0v) is 20.2. The summed E-state index contributed by atoms with van der Waals surface area (Å²) in [6.45, 7) is 3.10. The molecule has 1 aliphatic rings. The highest BCUT2D eigenvalue weighted by Gasteiger charge is 2.14. The number of piperidine rings is 1. The Balaban J connectivity index is 1.24. The number of aromatic nitrogens is 5. The van der Waals surface area contributed by atoms with Crippen LogP contribution in [0, 0.1) is 17.2 Å². The van der Waals surface area contributed by atoms with Gasteiger partial charge in [0.15, 0.2) is 11.6 Å². The molecule has 9 nitrogen and oxygen atoms in total. The molecule has 1 N–H and O–H groups in total.